The zero-order valence-electron chi connectivity index (χ0n) is 37.1. The molecule has 2 saturated heterocycles. The molecule has 2 aliphatic heterocycles. The van der Waals surface area contributed by atoms with Crippen LogP contribution in [0.4, 0.5) is 11.4 Å². The lowest BCUT2D eigenvalue weighted by molar-refractivity contribution is -0.386. The van der Waals surface area contributed by atoms with E-state index in [1.807, 2.05) is 6.07 Å². The Morgan fingerprint density at radius 3 is 2.55 bits per heavy atom. The molecule has 2 aromatic carbocycles. The van der Waals surface area contributed by atoms with E-state index in [1.54, 1.807) is 31.3 Å². The van der Waals surface area contributed by atoms with E-state index in [9.17, 15) is 28.4 Å². The molecule has 1 spiro atoms. The van der Waals surface area contributed by atoms with E-state index in [-0.39, 0.29) is 41.2 Å². The number of nitrogens with one attached hydrogen (secondary N) is 2. The highest BCUT2D eigenvalue weighted by molar-refractivity contribution is 7.90. The molecule has 5 heterocycles. The summed E-state index contributed by atoms with van der Waals surface area (Å²) < 4.78 is 47.5. The van der Waals surface area contributed by atoms with Crippen molar-refractivity contribution in [2.24, 2.45) is 11.3 Å². The second-order valence-electron chi connectivity index (χ2n) is 19.0. The third-order valence-corrected chi connectivity index (χ3v) is 15.4. The van der Waals surface area contributed by atoms with Gasteiger partial charge in [-0.05, 0) is 111 Å². The fourth-order valence-corrected chi connectivity index (χ4v) is 11.2. The number of fused-ring (bicyclic) bond motifs is 1. The zero-order valence-corrected chi connectivity index (χ0v) is 37.9. The highest BCUT2D eigenvalue weighted by atomic mass is 32.2. The maximum Gasteiger partial charge on any atom is 0.332 e. The number of sulfonamides is 1. The number of pyridine rings is 2. The highest BCUT2D eigenvalue weighted by Gasteiger charge is 2.50. The minimum absolute atomic E-state index is 0.0535. The number of carbonyl (C=O) groups is 1. The molecule has 2 saturated carbocycles. The SMILES string of the molecule is CC(C)c1ccccc1[C@@H]1COCCN1C1CC2(CCN(c3ccc(C(=O)NS(=O)(=O)c4cnc(OCC5CCC(C)(O)CC5)c([N+](=O)[O-])c4)c(Oc4cnc5[nH]ccc5c4)c3)CC2)C1. The summed E-state index contributed by atoms with van der Waals surface area (Å²) in [6.45, 7) is 10.4. The number of aromatic amines is 1. The molecule has 5 aromatic rings. The fourth-order valence-electron chi connectivity index (χ4n) is 10.3. The highest BCUT2D eigenvalue weighted by Crippen LogP contribution is 2.53. The Labute approximate surface area is 378 Å². The summed E-state index contributed by atoms with van der Waals surface area (Å²) in [6.07, 6.45) is 11.0. The van der Waals surface area contributed by atoms with Crippen molar-refractivity contribution in [1.82, 2.24) is 24.6 Å². The predicted molar refractivity (Wildman–Crippen MR) is 244 cm³/mol. The monoisotopic (exact) mass is 907 g/mol. The first-order valence-corrected chi connectivity index (χ1v) is 24.1. The van der Waals surface area contributed by atoms with Gasteiger partial charge in [0, 0.05) is 55.1 Å². The maximum atomic E-state index is 14.0. The molecule has 0 radical (unpaired) electrons. The number of benzene rings is 2. The van der Waals surface area contributed by atoms with Crippen LogP contribution in [0, 0.1) is 21.4 Å². The lowest BCUT2D eigenvalue weighted by atomic mass is 9.59. The van der Waals surface area contributed by atoms with Crippen LogP contribution in [0.15, 0.2) is 84.1 Å². The van der Waals surface area contributed by atoms with Crippen LogP contribution in [0.25, 0.3) is 11.0 Å². The normalized spacial score (nSPS) is 22.8. The summed E-state index contributed by atoms with van der Waals surface area (Å²) in [4.78, 5) is 41.1. The smallest absolute Gasteiger partial charge is 0.332 e. The molecule has 0 bridgehead atoms. The van der Waals surface area contributed by atoms with Crippen LogP contribution in [-0.2, 0) is 14.8 Å². The number of anilines is 1. The van der Waals surface area contributed by atoms with Crippen LogP contribution in [0.3, 0.4) is 0 Å². The molecule has 9 rings (SSSR count). The number of rotatable bonds is 13. The fraction of sp³-hybridized carbons (Fsp3) is 0.479. The molecular formula is C48H57N7O9S. The molecule has 3 N–H and O–H groups in total. The topological polar surface area (TPSA) is 202 Å². The summed E-state index contributed by atoms with van der Waals surface area (Å²) >= 11 is 0. The number of hydrogen-bond acceptors (Lipinski definition) is 13. The average Bonchev–Trinajstić information content (AvgIpc) is 3.76. The average molecular weight is 908 g/mol. The molecule has 4 aliphatic rings. The van der Waals surface area contributed by atoms with E-state index in [0.717, 1.165) is 75.3 Å². The van der Waals surface area contributed by atoms with Crippen molar-refractivity contribution >= 4 is 38.3 Å². The van der Waals surface area contributed by atoms with E-state index >= 15 is 0 Å². The van der Waals surface area contributed by atoms with Crippen molar-refractivity contribution in [3.05, 3.63) is 106 Å². The Balaban J connectivity index is 0.898. The molecule has 65 heavy (non-hydrogen) atoms. The molecule has 3 aromatic heterocycles. The van der Waals surface area contributed by atoms with Crippen LogP contribution in [0.1, 0.15) is 106 Å². The standard InChI is InChI=1S/C48H57N7O9S/c1-31(2)38-6-4-5-7-39(38)42-30-62-21-20-54(42)35-25-48(26-35)15-18-53(19-16-48)34-8-9-40(43(23-34)64-36-22-33-12-17-49-44(33)50-27-36)45(56)52-65(60,61)37-24-41(55(58)59)46(51-28-37)63-29-32-10-13-47(3,57)14-11-32/h4-9,12,17,22-24,27-28,31-32,35,42,57H,10-11,13-16,18-21,25-26,29-30H2,1-3H3,(H,49,50)(H,52,56)/t32?,42-,47?/m0/s1. The number of nitro groups is 1. The maximum absolute atomic E-state index is 14.0. The molecular weight excluding hydrogens is 851 g/mol. The number of carbonyl (C=O) groups excluding carboxylic acids is 1. The van der Waals surface area contributed by atoms with Crippen molar-refractivity contribution in [2.75, 3.05) is 44.4 Å². The molecule has 16 nitrogen and oxygen atoms in total. The summed E-state index contributed by atoms with van der Waals surface area (Å²) in [5.74, 6) is -0.373. The van der Waals surface area contributed by atoms with Gasteiger partial charge in [0.05, 0.1) is 54.3 Å². The van der Waals surface area contributed by atoms with Gasteiger partial charge in [0.25, 0.3) is 21.8 Å². The third-order valence-electron chi connectivity index (χ3n) is 14.1. The minimum Gasteiger partial charge on any atom is -0.473 e. The van der Waals surface area contributed by atoms with Gasteiger partial charge in [0.2, 0.25) is 0 Å². The summed E-state index contributed by atoms with van der Waals surface area (Å²) in [6, 6.07) is 19.0. The molecule has 4 fully saturated rings. The van der Waals surface area contributed by atoms with Gasteiger partial charge in [-0.3, -0.25) is 19.8 Å². The number of hydrogen-bond donors (Lipinski definition) is 3. The van der Waals surface area contributed by atoms with E-state index in [4.69, 9.17) is 14.2 Å². The van der Waals surface area contributed by atoms with Crippen molar-refractivity contribution in [2.45, 2.75) is 101 Å². The van der Waals surface area contributed by atoms with Gasteiger partial charge in [0.15, 0.2) is 0 Å². The van der Waals surface area contributed by atoms with Gasteiger partial charge in [-0.1, -0.05) is 38.1 Å². The van der Waals surface area contributed by atoms with Crippen molar-refractivity contribution < 1.29 is 37.5 Å². The number of aliphatic hydroxyl groups is 1. The Bertz CT molecular complexity index is 2660. The van der Waals surface area contributed by atoms with E-state index in [0.29, 0.717) is 55.6 Å². The van der Waals surface area contributed by atoms with Crippen molar-refractivity contribution in [1.29, 1.82) is 0 Å². The first-order valence-electron chi connectivity index (χ1n) is 22.6. The Morgan fingerprint density at radius 1 is 1.03 bits per heavy atom. The molecule has 344 valence electrons. The first-order chi connectivity index (χ1) is 31.2. The quantitative estimate of drug-likeness (QED) is 0.0758. The molecule has 2 aliphatic carbocycles. The predicted octanol–water partition coefficient (Wildman–Crippen LogP) is 8.04. The van der Waals surface area contributed by atoms with Gasteiger partial charge < -0.3 is 29.2 Å². The zero-order chi connectivity index (χ0) is 45.5. The van der Waals surface area contributed by atoms with Crippen molar-refractivity contribution in [3.63, 3.8) is 0 Å². The van der Waals surface area contributed by atoms with Crippen LogP contribution in [0.2, 0.25) is 0 Å². The van der Waals surface area contributed by atoms with Crippen LogP contribution < -0.4 is 19.1 Å². The lowest BCUT2D eigenvalue weighted by Gasteiger charge is -2.57. The minimum atomic E-state index is -4.66. The lowest BCUT2D eigenvalue weighted by Crippen LogP contribution is -2.58. The largest absolute Gasteiger partial charge is 0.473 e. The number of piperidine rings is 1. The van der Waals surface area contributed by atoms with Crippen LogP contribution >= 0.6 is 0 Å². The van der Waals surface area contributed by atoms with Gasteiger partial charge in [-0.25, -0.2) is 23.1 Å². The molecule has 17 heteroatoms. The number of H-pyrrole nitrogens is 1. The number of morpholine rings is 1. The summed E-state index contributed by atoms with van der Waals surface area (Å²) in [5, 5.41) is 23.1. The molecule has 0 unspecified atom stereocenters. The van der Waals surface area contributed by atoms with Gasteiger partial charge >= 0.3 is 5.69 Å². The number of nitrogens with zero attached hydrogens (tertiary/aromatic N) is 5. The van der Waals surface area contributed by atoms with E-state index in [2.05, 4.69) is 67.6 Å². The molecule has 1 atom stereocenters. The number of ether oxygens (including phenoxy) is 3. The van der Waals surface area contributed by atoms with E-state index in [1.165, 1.54) is 23.4 Å². The Kier molecular flexibility index (Phi) is 12.3. The Hall–Kier alpha value is -5.62. The van der Waals surface area contributed by atoms with Crippen LogP contribution in [0.5, 0.6) is 17.4 Å². The third kappa shape index (κ3) is 9.55. The molecule has 1 amide bonds. The number of amides is 1. The van der Waals surface area contributed by atoms with Crippen LogP contribution in [-0.4, -0.2) is 95.3 Å². The van der Waals surface area contributed by atoms with Gasteiger partial charge in [0.1, 0.15) is 22.0 Å². The summed E-state index contributed by atoms with van der Waals surface area (Å²) in [5.41, 5.74) is 3.02. The van der Waals surface area contributed by atoms with Gasteiger partial charge in [-0.2, -0.15) is 0 Å². The second-order valence-corrected chi connectivity index (χ2v) is 20.7. The number of aromatic nitrogens is 3. The first kappa shape index (κ1) is 44.6. The second kappa shape index (κ2) is 18.0. The van der Waals surface area contributed by atoms with E-state index < -0.39 is 37.0 Å². The summed E-state index contributed by atoms with van der Waals surface area (Å²) in [7, 11) is -4.66. The Morgan fingerprint density at radius 2 is 1.80 bits per heavy atom. The van der Waals surface area contributed by atoms with Crippen molar-refractivity contribution in [3.8, 4) is 17.4 Å². The van der Waals surface area contributed by atoms with Gasteiger partial charge in [-0.15, -0.1) is 0 Å².